The first-order chi connectivity index (χ1) is 36.4. The Labute approximate surface area is 463 Å². The summed E-state index contributed by atoms with van der Waals surface area (Å²) in [7, 11) is 1.17. The van der Waals surface area contributed by atoms with Crippen LogP contribution in [0.2, 0.25) is 0 Å². The number of hydrogen-bond donors (Lipinski definition) is 1. The number of hydrogen-bond acceptors (Lipinski definition) is 7. The van der Waals surface area contributed by atoms with Gasteiger partial charge in [0.05, 0.1) is 33.8 Å². The number of quaternary nitrogens is 1. The third-order valence-electron chi connectivity index (χ3n) is 13.6. The van der Waals surface area contributed by atoms with Gasteiger partial charge in [0.25, 0.3) is 7.82 Å². The van der Waals surface area contributed by atoms with Gasteiger partial charge in [-0.2, -0.15) is 0 Å². The Hall–Kier alpha value is -2.55. The second-order valence-corrected chi connectivity index (χ2v) is 23.6. The maximum Gasteiger partial charge on any atom is 0.306 e. The highest BCUT2D eigenvalue weighted by atomic mass is 31.2. The molecule has 10 heteroatoms. The van der Waals surface area contributed by atoms with Crippen LogP contribution in [-0.2, 0) is 27.9 Å². The minimum atomic E-state index is -4.70. The number of rotatable bonds is 56. The molecule has 0 aliphatic rings. The molecule has 3 unspecified atom stereocenters. The van der Waals surface area contributed by atoms with Crippen molar-refractivity contribution in [2.24, 2.45) is 0 Å². The van der Waals surface area contributed by atoms with Gasteiger partial charge in [-0.05, 0) is 102 Å². The first-order valence-electron chi connectivity index (χ1n) is 31.2. The number of carbonyl (C=O) groups excluding carboxylic acids is 2. The highest BCUT2D eigenvalue weighted by molar-refractivity contribution is 7.45. The predicted octanol–water partition coefficient (Wildman–Crippen LogP) is 18.6. The molecule has 0 saturated carbocycles. The van der Waals surface area contributed by atoms with E-state index >= 15 is 0 Å². The molecule has 3 atom stereocenters. The summed E-state index contributed by atoms with van der Waals surface area (Å²) in [6.07, 6.45) is 70.0. The SMILES string of the molecule is CCCCC/C=C\C/C=C\C/C=C\CCCCCCCCC(=O)NC(COP(=O)([O-])OCC[N+](C)(C)C)C(/C=C/CCCCCCCCCCC)OC(=O)CCCCCCCCCCC/C=C\C/C=C\CCCCC. The van der Waals surface area contributed by atoms with E-state index in [1.165, 1.54) is 128 Å². The molecule has 0 aromatic heterocycles. The summed E-state index contributed by atoms with van der Waals surface area (Å²) in [5.41, 5.74) is 0. The van der Waals surface area contributed by atoms with E-state index in [0.717, 1.165) is 116 Å². The minimum absolute atomic E-state index is 0.0280. The summed E-state index contributed by atoms with van der Waals surface area (Å²) in [5.74, 6) is -0.559. The number of phosphoric acid groups is 1. The number of carbonyl (C=O) groups is 2. The Morgan fingerprint density at radius 1 is 0.467 bits per heavy atom. The lowest BCUT2D eigenvalue weighted by Crippen LogP contribution is -2.47. The summed E-state index contributed by atoms with van der Waals surface area (Å²) < 4.78 is 30.3. The molecule has 0 aliphatic carbocycles. The first kappa shape index (κ1) is 72.5. The molecule has 0 aromatic carbocycles. The van der Waals surface area contributed by atoms with Crippen LogP contribution in [0.4, 0.5) is 0 Å². The molecular formula is C65H119N2O7P. The number of nitrogens with one attached hydrogen (secondary N) is 1. The van der Waals surface area contributed by atoms with E-state index in [1.54, 1.807) is 0 Å². The van der Waals surface area contributed by atoms with E-state index in [1.807, 2.05) is 33.3 Å². The third kappa shape index (κ3) is 56.0. The Balaban J connectivity index is 5.24. The Bertz CT molecular complexity index is 1510. The van der Waals surface area contributed by atoms with Crippen LogP contribution in [0.3, 0.4) is 0 Å². The van der Waals surface area contributed by atoms with Gasteiger partial charge in [0.2, 0.25) is 5.91 Å². The molecule has 0 aliphatic heterocycles. The lowest BCUT2D eigenvalue weighted by molar-refractivity contribution is -0.870. The molecule has 436 valence electrons. The van der Waals surface area contributed by atoms with E-state index in [9.17, 15) is 19.0 Å². The molecule has 0 saturated heterocycles. The van der Waals surface area contributed by atoms with Gasteiger partial charge < -0.3 is 28.5 Å². The summed E-state index contributed by atoms with van der Waals surface area (Å²) in [4.78, 5) is 40.0. The van der Waals surface area contributed by atoms with Crippen molar-refractivity contribution in [1.29, 1.82) is 0 Å². The summed E-state index contributed by atoms with van der Waals surface area (Å²) in [6.45, 7) is 6.78. The fraction of sp³-hybridized carbons (Fsp3) is 0.785. The molecule has 0 heterocycles. The third-order valence-corrected chi connectivity index (χ3v) is 14.6. The number of amides is 1. The summed E-state index contributed by atoms with van der Waals surface area (Å²) >= 11 is 0. The molecule has 0 fully saturated rings. The largest absolute Gasteiger partial charge is 0.756 e. The zero-order chi connectivity index (χ0) is 55.0. The van der Waals surface area contributed by atoms with E-state index in [0.29, 0.717) is 17.4 Å². The number of ether oxygens (including phenoxy) is 1. The first-order valence-corrected chi connectivity index (χ1v) is 32.7. The van der Waals surface area contributed by atoms with Crippen molar-refractivity contribution < 1.29 is 37.3 Å². The van der Waals surface area contributed by atoms with Gasteiger partial charge in [0, 0.05) is 12.8 Å². The van der Waals surface area contributed by atoms with Crippen molar-refractivity contribution in [2.45, 2.75) is 290 Å². The second-order valence-electron chi connectivity index (χ2n) is 22.2. The van der Waals surface area contributed by atoms with Crippen LogP contribution >= 0.6 is 7.82 Å². The lowest BCUT2D eigenvalue weighted by atomic mass is 10.0. The van der Waals surface area contributed by atoms with Gasteiger partial charge >= 0.3 is 5.97 Å². The van der Waals surface area contributed by atoms with Crippen molar-refractivity contribution >= 4 is 19.7 Å². The monoisotopic (exact) mass is 1070 g/mol. The molecule has 9 nitrogen and oxygen atoms in total. The average Bonchev–Trinajstić information content (AvgIpc) is 3.37. The van der Waals surface area contributed by atoms with Gasteiger partial charge in [0.15, 0.2) is 0 Å². The van der Waals surface area contributed by atoms with Crippen LogP contribution in [0.15, 0.2) is 72.9 Å². The van der Waals surface area contributed by atoms with Crippen molar-refractivity contribution in [2.75, 3.05) is 40.9 Å². The number of allylic oxidation sites excluding steroid dienone is 11. The van der Waals surface area contributed by atoms with Crippen molar-refractivity contribution in [3.8, 4) is 0 Å². The van der Waals surface area contributed by atoms with E-state index in [2.05, 4.69) is 86.8 Å². The molecule has 1 N–H and O–H groups in total. The number of unbranched alkanes of at least 4 members (excludes halogenated alkanes) is 30. The van der Waals surface area contributed by atoms with Gasteiger partial charge in [-0.25, -0.2) is 0 Å². The zero-order valence-electron chi connectivity index (χ0n) is 49.7. The standard InChI is InChI=1S/C65H119N2O7P/c1-7-10-13-16-19-22-25-27-29-31-33-35-37-39-42-45-48-51-54-57-64(68)66-62(61-73-75(70,71)72-60-59-67(4,5)6)63(56-53-50-47-44-41-24-21-18-15-12-9-3)74-65(69)58-55-52-49-46-43-40-38-36-34-32-30-28-26-23-20-17-14-11-8-2/h19-20,22-23,27-30,33,35,53,56,62-63H,7-18,21,24-26,31-32,34,36-52,54-55,57-61H2,1-6H3,(H-,66,68,70,71)/b22-19-,23-20-,29-27-,30-28-,35-33-,56-53+. The van der Waals surface area contributed by atoms with Gasteiger partial charge in [0.1, 0.15) is 19.3 Å². The molecule has 0 spiro atoms. The molecule has 75 heavy (non-hydrogen) atoms. The van der Waals surface area contributed by atoms with Crippen LogP contribution in [0.5, 0.6) is 0 Å². The van der Waals surface area contributed by atoms with Crippen LogP contribution in [-0.4, -0.2) is 69.4 Å². The van der Waals surface area contributed by atoms with Crippen molar-refractivity contribution in [1.82, 2.24) is 5.32 Å². The Morgan fingerprint density at radius 2 is 0.813 bits per heavy atom. The Morgan fingerprint density at radius 3 is 1.24 bits per heavy atom. The number of likely N-dealkylation sites (N-methyl/N-ethyl adjacent to an activating group) is 1. The van der Waals surface area contributed by atoms with E-state index < -0.39 is 26.6 Å². The van der Waals surface area contributed by atoms with Crippen LogP contribution < -0.4 is 10.2 Å². The molecule has 0 aromatic rings. The maximum atomic E-state index is 13.5. The highest BCUT2D eigenvalue weighted by Crippen LogP contribution is 2.38. The van der Waals surface area contributed by atoms with Crippen molar-refractivity contribution in [3.63, 3.8) is 0 Å². The minimum Gasteiger partial charge on any atom is -0.756 e. The number of esters is 1. The lowest BCUT2D eigenvalue weighted by Gasteiger charge is -2.30. The van der Waals surface area contributed by atoms with E-state index in [4.69, 9.17) is 13.8 Å². The predicted molar refractivity (Wildman–Crippen MR) is 321 cm³/mol. The number of nitrogens with zero attached hydrogens (tertiary/aromatic N) is 1. The molecule has 0 bridgehead atoms. The Kier molecular flexibility index (Phi) is 52.9. The van der Waals surface area contributed by atoms with Gasteiger partial charge in [-0.3, -0.25) is 14.2 Å². The molecule has 1 amide bonds. The van der Waals surface area contributed by atoms with Gasteiger partial charge in [-0.15, -0.1) is 0 Å². The van der Waals surface area contributed by atoms with Crippen LogP contribution in [0.1, 0.15) is 278 Å². The zero-order valence-corrected chi connectivity index (χ0v) is 50.6. The van der Waals surface area contributed by atoms with Crippen molar-refractivity contribution in [3.05, 3.63) is 72.9 Å². The smallest absolute Gasteiger partial charge is 0.306 e. The van der Waals surface area contributed by atoms with Gasteiger partial charge in [-0.1, -0.05) is 235 Å². The number of phosphoric ester groups is 1. The fourth-order valence-electron chi connectivity index (χ4n) is 8.74. The van der Waals surface area contributed by atoms with E-state index in [-0.39, 0.29) is 24.9 Å². The normalized spacial score (nSPS) is 14.2. The fourth-order valence-corrected chi connectivity index (χ4v) is 9.46. The second kappa shape index (κ2) is 54.8. The average molecular weight is 1070 g/mol. The highest BCUT2D eigenvalue weighted by Gasteiger charge is 2.27. The van der Waals surface area contributed by atoms with Crippen LogP contribution in [0, 0.1) is 0 Å². The topological polar surface area (TPSA) is 114 Å². The maximum absolute atomic E-state index is 13.5. The van der Waals surface area contributed by atoms with Crippen LogP contribution in [0.25, 0.3) is 0 Å². The molecular weight excluding hydrogens is 952 g/mol. The molecule has 0 radical (unpaired) electrons. The summed E-state index contributed by atoms with van der Waals surface area (Å²) in [5, 5.41) is 3.02. The molecule has 0 rings (SSSR count). The summed E-state index contributed by atoms with van der Waals surface area (Å²) in [6, 6.07) is -0.899. The quantitative estimate of drug-likeness (QED) is 0.0212.